The van der Waals surface area contributed by atoms with Crippen LogP contribution in [0, 0.1) is 12.8 Å². The zero-order chi connectivity index (χ0) is 18.8. The highest BCUT2D eigenvalue weighted by Crippen LogP contribution is 2.21. The van der Waals surface area contributed by atoms with Gasteiger partial charge in [0.05, 0.1) is 5.92 Å². The van der Waals surface area contributed by atoms with Crippen LogP contribution in [-0.2, 0) is 9.59 Å². The molecule has 7 heteroatoms. The number of benzene rings is 1. The lowest BCUT2D eigenvalue weighted by atomic mass is 10.1. The van der Waals surface area contributed by atoms with E-state index >= 15 is 0 Å². The van der Waals surface area contributed by atoms with Crippen molar-refractivity contribution in [2.24, 2.45) is 5.92 Å². The first-order valence-electron chi connectivity index (χ1n) is 8.94. The third-order valence-electron chi connectivity index (χ3n) is 5.39. The summed E-state index contributed by atoms with van der Waals surface area (Å²) in [5.41, 5.74) is 1.64. The van der Waals surface area contributed by atoms with Crippen LogP contribution in [0.2, 0.25) is 0 Å². The molecule has 2 saturated heterocycles. The molecule has 1 aromatic carbocycles. The summed E-state index contributed by atoms with van der Waals surface area (Å²) in [6, 6.07) is 7.48. The summed E-state index contributed by atoms with van der Waals surface area (Å²) < 4.78 is 0. The van der Waals surface area contributed by atoms with E-state index in [0.717, 1.165) is 5.56 Å². The molecule has 0 saturated carbocycles. The van der Waals surface area contributed by atoms with Crippen LogP contribution in [0.5, 0.6) is 0 Å². The van der Waals surface area contributed by atoms with Crippen molar-refractivity contribution in [2.45, 2.75) is 19.9 Å². The summed E-state index contributed by atoms with van der Waals surface area (Å²) in [5, 5.41) is 9.44. The number of fused-ring (bicyclic) bond motifs is 1. The Kier molecular flexibility index (Phi) is 5.27. The smallest absolute Gasteiger partial charge is 0.309 e. The van der Waals surface area contributed by atoms with Gasteiger partial charge in [0.2, 0.25) is 5.91 Å². The number of carboxylic acids is 1. The highest BCUT2D eigenvalue weighted by molar-refractivity contribution is 5.95. The molecular formula is C19H25N3O4. The number of hydrogen-bond donors (Lipinski definition) is 1. The normalized spacial score (nSPS) is 23.9. The summed E-state index contributed by atoms with van der Waals surface area (Å²) in [6.45, 7) is 6.17. The fourth-order valence-corrected chi connectivity index (χ4v) is 3.82. The minimum Gasteiger partial charge on any atom is -0.481 e. The molecule has 26 heavy (non-hydrogen) atoms. The number of amides is 2. The Balaban J connectivity index is 1.78. The number of carboxylic acid groups (broad SMARTS) is 1. The molecule has 0 radical (unpaired) electrons. The third kappa shape index (κ3) is 3.72. The molecule has 2 fully saturated rings. The molecule has 2 heterocycles. The minimum atomic E-state index is -0.879. The number of nitrogens with zero attached hydrogens (tertiary/aromatic N) is 3. The van der Waals surface area contributed by atoms with Crippen LogP contribution >= 0.6 is 0 Å². The van der Waals surface area contributed by atoms with Gasteiger partial charge >= 0.3 is 5.97 Å². The van der Waals surface area contributed by atoms with Crippen LogP contribution in [-0.4, -0.2) is 82.9 Å². The topological polar surface area (TPSA) is 81.2 Å². The zero-order valence-corrected chi connectivity index (χ0v) is 15.2. The van der Waals surface area contributed by atoms with Gasteiger partial charge in [-0.05, 0) is 18.6 Å². The highest BCUT2D eigenvalue weighted by atomic mass is 16.4. The average molecular weight is 359 g/mol. The fraction of sp³-hybridized carbons (Fsp3) is 0.526. The maximum atomic E-state index is 12.9. The zero-order valence-electron chi connectivity index (χ0n) is 15.2. The summed E-state index contributed by atoms with van der Waals surface area (Å²) >= 11 is 0. The number of rotatable bonds is 2. The maximum Gasteiger partial charge on any atom is 0.309 e. The molecule has 0 spiro atoms. The molecule has 1 N–H and O–H groups in total. The first-order chi connectivity index (χ1) is 12.4. The number of piperazine rings is 1. The Morgan fingerprint density at radius 2 is 1.69 bits per heavy atom. The van der Waals surface area contributed by atoms with Gasteiger partial charge in [0.1, 0.15) is 0 Å². The SMILES string of the molecule is CC(=O)N1CC(C(=O)O)CN2CCN(C(=O)c3ccccc3C)CC2C1. The molecule has 2 amide bonds. The highest BCUT2D eigenvalue weighted by Gasteiger charge is 2.38. The molecule has 0 bridgehead atoms. The Morgan fingerprint density at radius 3 is 2.35 bits per heavy atom. The van der Waals surface area contributed by atoms with Crippen molar-refractivity contribution >= 4 is 17.8 Å². The molecule has 0 aromatic heterocycles. The molecule has 7 nitrogen and oxygen atoms in total. The molecule has 140 valence electrons. The molecule has 2 atom stereocenters. The van der Waals surface area contributed by atoms with E-state index in [1.165, 1.54) is 6.92 Å². The first kappa shape index (κ1) is 18.4. The van der Waals surface area contributed by atoms with Crippen molar-refractivity contribution in [3.8, 4) is 0 Å². The van der Waals surface area contributed by atoms with Gasteiger partial charge in [-0.25, -0.2) is 0 Å². The van der Waals surface area contributed by atoms with E-state index in [4.69, 9.17) is 0 Å². The average Bonchev–Trinajstić information content (AvgIpc) is 2.80. The Labute approximate surface area is 153 Å². The van der Waals surface area contributed by atoms with Crippen LogP contribution in [0.15, 0.2) is 24.3 Å². The molecular weight excluding hydrogens is 334 g/mol. The van der Waals surface area contributed by atoms with Gasteiger partial charge in [0.15, 0.2) is 0 Å². The molecule has 0 aliphatic carbocycles. The molecule has 3 rings (SSSR count). The second kappa shape index (κ2) is 7.45. The van der Waals surface area contributed by atoms with Gasteiger partial charge < -0.3 is 14.9 Å². The number of carbonyl (C=O) groups is 3. The van der Waals surface area contributed by atoms with Crippen LogP contribution in [0.1, 0.15) is 22.8 Å². The van der Waals surface area contributed by atoms with Crippen molar-refractivity contribution in [3.63, 3.8) is 0 Å². The van der Waals surface area contributed by atoms with E-state index < -0.39 is 11.9 Å². The van der Waals surface area contributed by atoms with E-state index in [0.29, 0.717) is 38.3 Å². The quantitative estimate of drug-likeness (QED) is 0.840. The molecule has 1 aromatic rings. The van der Waals surface area contributed by atoms with Gasteiger partial charge in [-0.1, -0.05) is 18.2 Å². The van der Waals surface area contributed by atoms with E-state index in [1.807, 2.05) is 36.1 Å². The van der Waals surface area contributed by atoms with E-state index in [1.54, 1.807) is 4.90 Å². The lowest BCUT2D eigenvalue weighted by Gasteiger charge is -2.41. The second-order valence-electron chi connectivity index (χ2n) is 7.17. The summed E-state index contributed by atoms with van der Waals surface area (Å²) in [6.07, 6.45) is 0. The maximum absolute atomic E-state index is 12.9. The lowest BCUT2D eigenvalue weighted by molar-refractivity contribution is -0.143. The lowest BCUT2D eigenvalue weighted by Crippen LogP contribution is -2.57. The van der Waals surface area contributed by atoms with Crippen LogP contribution in [0.25, 0.3) is 0 Å². The first-order valence-corrected chi connectivity index (χ1v) is 8.94. The number of aryl methyl sites for hydroxylation is 1. The van der Waals surface area contributed by atoms with Crippen molar-refractivity contribution in [2.75, 3.05) is 39.3 Å². The molecule has 2 aliphatic heterocycles. The second-order valence-corrected chi connectivity index (χ2v) is 7.17. The minimum absolute atomic E-state index is 0.00356. The van der Waals surface area contributed by atoms with Crippen LogP contribution in [0.3, 0.4) is 0 Å². The summed E-state index contributed by atoms with van der Waals surface area (Å²) in [7, 11) is 0. The van der Waals surface area contributed by atoms with Crippen molar-refractivity contribution in [1.82, 2.24) is 14.7 Å². The van der Waals surface area contributed by atoms with Gasteiger partial charge in [0.25, 0.3) is 5.91 Å². The molecule has 2 unspecified atom stereocenters. The van der Waals surface area contributed by atoms with Gasteiger partial charge in [-0.15, -0.1) is 0 Å². The van der Waals surface area contributed by atoms with E-state index in [-0.39, 0.29) is 24.4 Å². The van der Waals surface area contributed by atoms with E-state index in [9.17, 15) is 19.5 Å². The summed E-state index contributed by atoms with van der Waals surface area (Å²) in [4.78, 5) is 41.9. The fourth-order valence-electron chi connectivity index (χ4n) is 3.82. The van der Waals surface area contributed by atoms with Gasteiger partial charge in [-0.2, -0.15) is 0 Å². The Morgan fingerprint density at radius 1 is 1.00 bits per heavy atom. The number of carbonyl (C=O) groups excluding carboxylic acids is 2. The largest absolute Gasteiger partial charge is 0.481 e. The predicted octanol–water partition coefficient (Wildman–Crippen LogP) is 0.684. The standard InChI is InChI=1S/C19H25N3O4/c1-13-5-3-4-6-17(13)18(24)21-8-7-20-9-15(19(25)26)10-22(14(2)23)12-16(20)11-21/h3-6,15-16H,7-12H2,1-2H3,(H,25,26). The Hall–Kier alpha value is -2.41. The number of aliphatic carboxylic acids is 1. The number of hydrogen-bond acceptors (Lipinski definition) is 4. The van der Waals surface area contributed by atoms with Crippen LogP contribution in [0.4, 0.5) is 0 Å². The Bertz CT molecular complexity index is 720. The molecule has 2 aliphatic rings. The predicted molar refractivity (Wildman–Crippen MR) is 95.8 cm³/mol. The van der Waals surface area contributed by atoms with Crippen molar-refractivity contribution in [1.29, 1.82) is 0 Å². The van der Waals surface area contributed by atoms with E-state index in [2.05, 4.69) is 4.90 Å². The monoisotopic (exact) mass is 359 g/mol. The van der Waals surface area contributed by atoms with Crippen molar-refractivity contribution in [3.05, 3.63) is 35.4 Å². The van der Waals surface area contributed by atoms with Crippen LogP contribution < -0.4 is 0 Å². The summed E-state index contributed by atoms with van der Waals surface area (Å²) in [5.74, 6) is -1.60. The third-order valence-corrected chi connectivity index (χ3v) is 5.39. The van der Waals surface area contributed by atoms with Gasteiger partial charge in [-0.3, -0.25) is 19.3 Å². The van der Waals surface area contributed by atoms with Gasteiger partial charge in [0, 0.05) is 57.8 Å². The van der Waals surface area contributed by atoms with Crippen molar-refractivity contribution < 1.29 is 19.5 Å².